The molecule has 0 aliphatic heterocycles. The van der Waals surface area contributed by atoms with Gasteiger partial charge >= 0.3 is 6.16 Å². The van der Waals surface area contributed by atoms with Crippen LogP contribution in [0.2, 0.25) is 0 Å². The highest BCUT2D eigenvalue weighted by atomic mass is 16.7. The third-order valence-electron chi connectivity index (χ3n) is 7.41. The number of para-hydroxylation sites is 1. The van der Waals surface area contributed by atoms with Crippen LogP contribution in [0, 0.1) is 19.8 Å². The van der Waals surface area contributed by atoms with Crippen LogP contribution in [0.15, 0.2) is 65.1 Å². The maximum absolute atomic E-state index is 12.4. The van der Waals surface area contributed by atoms with Gasteiger partial charge in [-0.1, -0.05) is 63.2 Å². The molecule has 0 atom stereocenters. The molecule has 5 aromatic rings. The summed E-state index contributed by atoms with van der Waals surface area (Å²) in [4.78, 5) is 22.3. The first-order valence-electron chi connectivity index (χ1n) is 15.5. The van der Waals surface area contributed by atoms with E-state index < -0.39 is 11.8 Å². The van der Waals surface area contributed by atoms with E-state index in [-0.39, 0.29) is 0 Å². The zero-order valence-electron chi connectivity index (χ0n) is 27.2. The second-order valence-corrected chi connectivity index (χ2v) is 12.9. The van der Waals surface area contributed by atoms with Crippen LogP contribution in [0.4, 0.5) is 4.79 Å². The summed E-state index contributed by atoms with van der Waals surface area (Å²) in [5, 5.41) is 0. The number of hydrogen-bond acceptors (Lipinski definition) is 6. The summed E-state index contributed by atoms with van der Waals surface area (Å²) in [5.41, 5.74) is 7.45. The van der Waals surface area contributed by atoms with Crippen molar-refractivity contribution in [1.82, 2.24) is 14.5 Å². The van der Waals surface area contributed by atoms with E-state index >= 15 is 0 Å². The second-order valence-electron chi connectivity index (χ2n) is 12.9. The number of carbonyl (C=O) groups is 1. The van der Waals surface area contributed by atoms with E-state index in [1.807, 2.05) is 45.9 Å². The van der Waals surface area contributed by atoms with E-state index in [2.05, 4.69) is 68.7 Å². The number of benzene rings is 3. The van der Waals surface area contributed by atoms with Crippen molar-refractivity contribution in [1.29, 1.82) is 0 Å². The molecule has 0 amide bonds. The maximum Gasteiger partial charge on any atom is 0.514 e. The van der Waals surface area contributed by atoms with Crippen LogP contribution >= 0.6 is 0 Å². The minimum absolute atomic E-state index is 0.460. The van der Waals surface area contributed by atoms with Gasteiger partial charge in [0.1, 0.15) is 22.9 Å². The van der Waals surface area contributed by atoms with E-state index in [0.717, 1.165) is 75.4 Å². The molecule has 44 heavy (non-hydrogen) atoms. The topological polar surface area (TPSA) is 79.4 Å². The first-order chi connectivity index (χ1) is 20.9. The van der Waals surface area contributed by atoms with Crippen molar-refractivity contribution >= 4 is 17.2 Å². The van der Waals surface area contributed by atoms with Crippen LogP contribution < -0.4 is 4.74 Å². The fraction of sp³-hybridized carbons (Fsp3) is 0.378. The summed E-state index contributed by atoms with van der Waals surface area (Å²) in [6.45, 7) is 16.8. The highest BCUT2D eigenvalue weighted by Gasteiger charge is 2.21. The van der Waals surface area contributed by atoms with Crippen LogP contribution in [0.1, 0.15) is 76.4 Å². The highest BCUT2D eigenvalue weighted by molar-refractivity contribution is 5.84. The molecule has 0 aliphatic rings. The van der Waals surface area contributed by atoms with Gasteiger partial charge < -0.3 is 18.5 Å². The molecule has 2 heterocycles. The van der Waals surface area contributed by atoms with Gasteiger partial charge in [-0.05, 0) is 88.3 Å². The molecule has 7 heteroatoms. The van der Waals surface area contributed by atoms with E-state index in [0.29, 0.717) is 24.1 Å². The number of rotatable bonds is 9. The summed E-state index contributed by atoms with van der Waals surface area (Å²) < 4.78 is 19.4. The summed E-state index contributed by atoms with van der Waals surface area (Å²) in [6, 6.07) is 20.2. The number of imidazole rings is 1. The molecule has 0 saturated heterocycles. The number of ether oxygens (including phenoxy) is 2. The van der Waals surface area contributed by atoms with Crippen LogP contribution in [-0.4, -0.2) is 26.3 Å². The molecular weight excluding hydrogens is 550 g/mol. The van der Waals surface area contributed by atoms with E-state index in [4.69, 9.17) is 23.9 Å². The van der Waals surface area contributed by atoms with Gasteiger partial charge in [0.2, 0.25) is 5.89 Å². The number of hydrogen-bond donors (Lipinski definition) is 0. The molecular formula is C37H43N3O4. The Hall–Kier alpha value is -4.39. The summed E-state index contributed by atoms with van der Waals surface area (Å²) in [5.74, 6) is 3.56. The van der Waals surface area contributed by atoms with E-state index in [1.54, 1.807) is 6.07 Å². The Morgan fingerprint density at radius 2 is 1.70 bits per heavy atom. The molecule has 0 radical (unpaired) electrons. The van der Waals surface area contributed by atoms with Gasteiger partial charge in [-0.25, -0.2) is 14.8 Å². The number of nitrogens with zero attached hydrogens (tertiary/aromatic N) is 3. The fourth-order valence-electron chi connectivity index (χ4n) is 5.41. The molecule has 5 rings (SSSR count). The normalized spacial score (nSPS) is 11.8. The lowest BCUT2D eigenvalue weighted by atomic mass is 10.0. The van der Waals surface area contributed by atoms with Crippen molar-refractivity contribution in [3.05, 3.63) is 89.1 Å². The van der Waals surface area contributed by atoms with Gasteiger partial charge in [-0.15, -0.1) is 0 Å². The summed E-state index contributed by atoms with van der Waals surface area (Å²) >= 11 is 0. The number of fused-ring (bicyclic) bond motifs is 1. The zero-order chi connectivity index (χ0) is 31.6. The molecule has 2 aromatic heterocycles. The molecule has 0 fully saturated rings. The largest absolute Gasteiger partial charge is 0.514 e. The Kier molecular flexibility index (Phi) is 8.95. The lowest BCUT2D eigenvalue weighted by molar-refractivity contribution is 0.0207. The smallest absolute Gasteiger partial charge is 0.441 e. The van der Waals surface area contributed by atoms with Gasteiger partial charge in [-0.2, -0.15) is 0 Å². The average molecular weight is 594 g/mol. The first kappa shape index (κ1) is 31.0. The van der Waals surface area contributed by atoms with E-state index in [9.17, 15) is 4.79 Å². The van der Waals surface area contributed by atoms with Crippen molar-refractivity contribution < 1.29 is 18.7 Å². The number of aromatic nitrogens is 3. The predicted octanol–water partition coefficient (Wildman–Crippen LogP) is 9.49. The Labute approximate surface area is 260 Å². The summed E-state index contributed by atoms with van der Waals surface area (Å²) in [6.07, 6.45) is 2.05. The van der Waals surface area contributed by atoms with Gasteiger partial charge in [0.25, 0.3) is 0 Å². The monoisotopic (exact) mass is 593 g/mol. The average Bonchev–Trinajstić information content (AvgIpc) is 3.48. The molecule has 0 saturated carbocycles. The predicted molar refractivity (Wildman–Crippen MR) is 175 cm³/mol. The molecule has 0 N–H and O–H groups in total. The van der Waals surface area contributed by atoms with E-state index in [1.165, 1.54) is 0 Å². The van der Waals surface area contributed by atoms with Crippen molar-refractivity contribution in [3.63, 3.8) is 0 Å². The highest BCUT2D eigenvalue weighted by Crippen LogP contribution is 2.33. The molecule has 7 nitrogen and oxygen atoms in total. The molecule has 0 aliphatic carbocycles. The number of carbonyl (C=O) groups excluding carboxylic acids is 1. The summed E-state index contributed by atoms with van der Waals surface area (Å²) in [7, 11) is 0. The van der Waals surface area contributed by atoms with Gasteiger partial charge in [0.15, 0.2) is 0 Å². The second kappa shape index (κ2) is 12.7. The van der Waals surface area contributed by atoms with Crippen molar-refractivity contribution in [2.75, 3.05) is 0 Å². The quantitative estimate of drug-likeness (QED) is 0.125. The Morgan fingerprint density at radius 1 is 0.977 bits per heavy atom. The molecule has 0 unspecified atom stereocenters. The molecule has 3 aromatic carbocycles. The number of aryl methyl sites for hydroxylation is 3. The molecule has 0 bridgehead atoms. The van der Waals surface area contributed by atoms with Gasteiger partial charge in [0.05, 0.1) is 16.7 Å². The fourth-order valence-corrected chi connectivity index (χ4v) is 5.41. The third kappa shape index (κ3) is 7.04. The SMILES string of the molecule is CCCc1nc2c(C)cc(-c3nc(CC(C)C)c(C)o3)cc2n1Cc1ccc(-c2ccccc2OC(=O)OC(C)(C)C)cc1. The Balaban J connectivity index is 1.46. The minimum Gasteiger partial charge on any atom is -0.441 e. The lowest BCUT2D eigenvalue weighted by Crippen LogP contribution is -2.26. The van der Waals surface area contributed by atoms with Crippen molar-refractivity contribution in [2.45, 2.75) is 86.8 Å². The van der Waals surface area contributed by atoms with Crippen LogP contribution in [0.3, 0.4) is 0 Å². The lowest BCUT2D eigenvalue weighted by Gasteiger charge is -2.19. The van der Waals surface area contributed by atoms with Crippen LogP contribution in [0.5, 0.6) is 5.75 Å². The Bertz CT molecular complexity index is 1770. The van der Waals surface area contributed by atoms with Crippen LogP contribution in [0.25, 0.3) is 33.6 Å². The zero-order valence-corrected chi connectivity index (χ0v) is 27.2. The van der Waals surface area contributed by atoms with Gasteiger partial charge in [0, 0.05) is 24.1 Å². The Morgan fingerprint density at radius 3 is 2.39 bits per heavy atom. The third-order valence-corrected chi connectivity index (χ3v) is 7.41. The number of oxazole rings is 1. The van der Waals surface area contributed by atoms with Crippen molar-refractivity contribution in [3.8, 4) is 28.3 Å². The van der Waals surface area contributed by atoms with Gasteiger partial charge in [-0.3, -0.25) is 0 Å². The first-order valence-corrected chi connectivity index (χ1v) is 15.5. The molecule has 0 spiro atoms. The van der Waals surface area contributed by atoms with Crippen LogP contribution in [-0.2, 0) is 24.1 Å². The molecule has 230 valence electrons. The standard InChI is InChI=1S/C37H43N3O4/c1-9-12-33-39-34-24(4)20-28(35-38-30(19-23(2)3)25(5)42-35)21-31(34)40(33)22-26-15-17-27(18-16-26)29-13-10-11-14-32(29)43-36(41)44-37(6,7)8/h10-11,13-18,20-21,23H,9,12,19,22H2,1-8H3. The maximum atomic E-state index is 12.4. The van der Waals surface area contributed by atoms with Crippen molar-refractivity contribution in [2.24, 2.45) is 5.92 Å². The minimum atomic E-state index is -0.720.